The molecule has 0 aliphatic carbocycles. The molecule has 0 radical (unpaired) electrons. The van der Waals surface area contributed by atoms with Crippen molar-refractivity contribution in [3.63, 3.8) is 0 Å². The van der Waals surface area contributed by atoms with Gasteiger partial charge in [0.2, 0.25) is 5.91 Å². The second-order valence-corrected chi connectivity index (χ2v) is 5.32. The summed E-state index contributed by atoms with van der Waals surface area (Å²) < 4.78 is 10.5. The van der Waals surface area contributed by atoms with Gasteiger partial charge in [0.15, 0.2) is 0 Å². The molecule has 0 bridgehead atoms. The van der Waals surface area contributed by atoms with Crippen LogP contribution in [0.4, 0.5) is 0 Å². The van der Waals surface area contributed by atoms with Gasteiger partial charge in [-0.3, -0.25) is 4.79 Å². The zero-order valence-corrected chi connectivity index (χ0v) is 13.4. The van der Waals surface area contributed by atoms with Crippen LogP contribution in [0.25, 0.3) is 0 Å². The fourth-order valence-electron chi connectivity index (χ4n) is 1.98. The molecule has 118 valence electrons. The molecule has 0 spiro atoms. The van der Waals surface area contributed by atoms with E-state index in [4.69, 9.17) is 9.47 Å². The quantitative estimate of drug-likeness (QED) is 0.675. The predicted molar refractivity (Wildman–Crippen MR) is 84.6 cm³/mol. The van der Waals surface area contributed by atoms with E-state index in [0.717, 1.165) is 25.0 Å². The van der Waals surface area contributed by atoms with Crippen LogP contribution in [0.1, 0.15) is 38.7 Å². The molecule has 0 unspecified atom stereocenters. The van der Waals surface area contributed by atoms with Crippen LogP contribution in [0.5, 0.6) is 5.75 Å². The third-order valence-corrected chi connectivity index (χ3v) is 3.15. The number of rotatable bonds is 10. The SMILES string of the molecule is COc1ccc(CCCCC(=O)NCCOC(C)C)cc1. The average Bonchev–Trinajstić information content (AvgIpc) is 2.48. The van der Waals surface area contributed by atoms with E-state index < -0.39 is 0 Å². The average molecular weight is 293 g/mol. The molecule has 0 aliphatic heterocycles. The summed E-state index contributed by atoms with van der Waals surface area (Å²) in [4.78, 5) is 11.6. The summed E-state index contributed by atoms with van der Waals surface area (Å²) in [5, 5.41) is 2.87. The molecule has 0 fully saturated rings. The van der Waals surface area contributed by atoms with Crippen molar-refractivity contribution in [2.75, 3.05) is 20.3 Å². The monoisotopic (exact) mass is 293 g/mol. The summed E-state index contributed by atoms with van der Waals surface area (Å²) >= 11 is 0. The number of nitrogens with one attached hydrogen (secondary N) is 1. The van der Waals surface area contributed by atoms with Crippen LogP contribution in [0.2, 0.25) is 0 Å². The van der Waals surface area contributed by atoms with Gasteiger partial charge in [-0.15, -0.1) is 0 Å². The fraction of sp³-hybridized carbons (Fsp3) is 0.588. The Hall–Kier alpha value is -1.55. The lowest BCUT2D eigenvalue weighted by atomic mass is 10.1. The molecule has 4 heteroatoms. The minimum Gasteiger partial charge on any atom is -0.497 e. The Labute approximate surface area is 127 Å². The highest BCUT2D eigenvalue weighted by atomic mass is 16.5. The Morgan fingerprint density at radius 1 is 1.19 bits per heavy atom. The van der Waals surface area contributed by atoms with Crippen molar-refractivity contribution in [2.45, 2.75) is 45.6 Å². The first-order chi connectivity index (χ1) is 10.1. The molecule has 1 rings (SSSR count). The van der Waals surface area contributed by atoms with Gasteiger partial charge in [0.1, 0.15) is 5.75 Å². The molecule has 21 heavy (non-hydrogen) atoms. The molecule has 0 aromatic heterocycles. The van der Waals surface area contributed by atoms with E-state index in [-0.39, 0.29) is 12.0 Å². The number of unbranched alkanes of at least 4 members (excludes halogenated alkanes) is 1. The summed E-state index contributed by atoms with van der Waals surface area (Å²) in [6.45, 7) is 5.15. The van der Waals surface area contributed by atoms with Crippen molar-refractivity contribution in [3.8, 4) is 5.75 Å². The molecular formula is C17H27NO3. The van der Waals surface area contributed by atoms with Gasteiger partial charge in [0, 0.05) is 13.0 Å². The highest BCUT2D eigenvalue weighted by Gasteiger charge is 2.01. The smallest absolute Gasteiger partial charge is 0.220 e. The molecule has 0 heterocycles. The van der Waals surface area contributed by atoms with E-state index in [1.165, 1.54) is 5.56 Å². The first kappa shape index (κ1) is 17.5. The largest absolute Gasteiger partial charge is 0.497 e. The lowest BCUT2D eigenvalue weighted by Crippen LogP contribution is -2.27. The van der Waals surface area contributed by atoms with Crippen LogP contribution < -0.4 is 10.1 Å². The van der Waals surface area contributed by atoms with E-state index >= 15 is 0 Å². The molecule has 1 aromatic rings. The van der Waals surface area contributed by atoms with Crippen LogP contribution in [-0.4, -0.2) is 32.3 Å². The Balaban J connectivity index is 2.06. The van der Waals surface area contributed by atoms with Crippen LogP contribution in [0.15, 0.2) is 24.3 Å². The normalized spacial score (nSPS) is 10.7. The van der Waals surface area contributed by atoms with Crippen LogP contribution in [-0.2, 0) is 16.0 Å². The third kappa shape index (κ3) is 8.35. The summed E-state index contributed by atoms with van der Waals surface area (Å²) in [5.41, 5.74) is 1.28. The molecule has 1 amide bonds. The van der Waals surface area contributed by atoms with Crippen molar-refractivity contribution in [2.24, 2.45) is 0 Å². The molecule has 0 saturated heterocycles. The van der Waals surface area contributed by atoms with Crippen LogP contribution in [0.3, 0.4) is 0 Å². The van der Waals surface area contributed by atoms with Gasteiger partial charge in [-0.05, 0) is 50.8 Å². The number of hydrogen-bond acceptors (Lipinski definition) is 3. The molecule has 0 aliphatic rings. The number of amides is 1. The van der Waals surface area contributed by atoms with Crippen molar-refractivity contribution < 1.29 is 14.3 Å². The maximum Gasteiger partial charge on any atom is 0.220 e. The van der Waals surface area contributed by atoms with E-state index in [2.05, 4.69) is 17.4 Å². The maximum absolute atomic E-state index is 11.6. The number of carbonyl (C=O) groups excluding carboxylic acids is 1. The van der Waals surface area contributed by atoms with Crippen LogP contribution >= 0.6 is 0 Å². The second-order valence-electron chi connectivity index (χ2n) is 5.32. The van der Waals surface area contributed by atoms with E-state index in [9.17, 15) is 4.79 Å². The molecule has 4 nitrogen and oxygen atoms in total. The van der Waals surface area contributed by atoms with Gasteiger partial charge >= 0.3 is 0 Å². The summed E-state index contributed by atoms with van der Waals surface area (Å²) in [5.74, 6) is 0.985. The minimum atomic E-state index is 0.108. The predicted octanol–water partition coefficient (Wildman–Crippen LogP) is 2.95. The highest BCUT2D eigenvalue weighted by Crippen LogP contribution is 2.13. The number of hydrogen-bond donors (Lipinski definition) is 1. The van der Waals surface area contributed by atoms with Gasteiger partial charge in [0.25, 0.3) is 0 Å². The zero-order valence-electron chi connectivity index (χ0n) is 13.4. The first-order valence-corrected chi connectivity index (χ1v) is 7.63. The standard InChI is InChI=1S/C17H27NO3/c1-14(2)21-13-12-18-17(19)7-5-4-6-15-8-10-16(20-3)11-9-15/h8-11,14H,4-7,12-13H2,1-3H3,(H,18,19). The Bertz CT molecular complexity index is 401. The van der Waals surface area contributed by atoms with Crippen LogP contribution in [0, 0.1) is 0 Å². The topological polar surface area (TPSA) is 47.6 Å². The third-order valence-electron chi connectivity index (χ3n) is 3.15. The Kier molecular flexibility index (Phi) is 8.51. The van der Waals surface area contributed by atoms with Gasteiger partial charge < -0.3 is 14.8 Å². The molecule has 1 N–H and O–H groups in total. The maximum atomic E-state index is 11.6. The number of benzene rings is 1. The lowest BCUT2D eigenvalue weighted by Gasteiger charge is -2.08. The van der Waals surface area contributed by atoms with Crippen molar-refractivity contribution in [3.05, 3.63) is 29.8 Å². The number of aryl methyl sites for hydroxylation is 1. The molecule has 1 aromatic carbocycles. The van der Waals surface area contributed by atoms with E-state index in [1.807, 2.05) is 26.0 Å². The molecule has 0 saturated carbocycles. The Morgan fingerprint density at radius 2 is 1.90 bits per heavy atom. The summed E-state index contributed by atoms with van der Waals surface area (Å²) in [6, 6.07) is 8.08. The summed E-state index contributed by atoms with van der Waals surface area (Å²) in [6.07, 6.45) is 3.71. The Morgan fingerprint density at radius 3 is 2.52 bits per heavy atom. The van der Waals surface area contributed by atoms with Gasteiger partial charge in [0.05, 0.1) is 19.8 Å². The highest BCUT2D eigenvalue weighted by molar-refractivity contribution is 5.75. The van der Waals surface area contributed by atoms with Crippen molar-refractivity contribution in [1.82, 2.24) is 5.32 Å². The summed E-state index contributed by atoms with van der Waals surface area (Å²) in [7, 11) is 1.67. The molecule has 0 atom stereocenters. The minimum absolute atomic E-state index is 0.108. The van der Waals surface area contributed by atoms with Crippen molar-refractivity contribution >= 4 is 5.91 Å². The van der Waals surface area contributed by atoms with Gasteiger partial charge in [-0.2, -0.15) is 0 Å². The van der Waals surface area contributed by atoms with Gasteiger partial charge in [-0.25, -0.2) is 0 Å². The van der Waals surface area contributed by atoms with E-state index in [1.54, 1.807) is 7.11 Å². The first-order valence-electron chi connectivity index (χ1n) is 7.63. The van der Waals surface area contributed by atoms with E-state index in [0.29, 0.717) is 19.6 Å². The number of methoxy groups -OCH3 is 1. The molecular weight excluding hydrogens is 266 g/mol. The fourth-order valence-corrected chi connectivity index (χ4v) is 1.98. The number of ether oxygens (including phenoxy) is 2. The number of carbonyl (C=O) groups is 1. The lowest BCUT2D eigenvalue weighted by molar-refractivity contribution is -0.121. The van der Waals surface area contributed by atoms with Gasteiger partial charge in [-0.1, -0.05) is 12.1 Å². The second kappa shape index (κ2) is 10.2. The van der Waals surface area contributed by atoms with Crippen molar-refractivity contribution in [1.29, 1.82) is 0 Å². The zero-order chi connectivity index (χ0) is 15.5.